The number of halogens is 2. The van der Waals surface area contributed by atoms with E-state index >= 15 is 0 Å². The van der Waals surface area contributed by atoms with Crippen LogP contribution in [0.5, 0.6) is 0 Å². The molecule has 140 valence electrons. The van der Waals surface area contributed by atoms with Crippen molar-refractivity contribution in [2.45, 2.75) is 31.9 Å². The summed E-state index contributed by atoms with van der Waals surface area (Å²) in [5.41, 5.74) is 0.0510. The summed E-state index contributed by atoms with van der Waals surface area (Å²) in [6.07, 6.45) is 0.397. The smallest absolute Gasteiger partial charge is 0.354 e. The van der Waals surface area contributed by atoms with Gasteiger partial charge in [-0.2, -0.15) is 5.10 Å². The average Bonchev–Trinajstić information content (AvgIpc) is 2.94. The van der Waals surface area contributed by atoms with Crippen LogP contribution in [-0.2, 0) is 30.8 Å². The van der Waals surface area contributed by atoms with Crippen LogP contribution >= 0.6 is 11.6 Å². The number of hydrogen-bond donors (Lipinski definition) is 0. The number of esters is 1. The number of ether oxygens (including phenoxy) is 1. The van der Waals surface area contributed by atoms with Gasteiger partial charge in [-0.25, -0.2) is 22.6 Å². The number of nitrogens with zero attached hydrogens (tertiary/aromatic N) is 2. The molecule has 2 heterocycles. The third-order valence-corrected chi connectivity index (χ3v) is 6.36. The monoisotopic (exact) mass is 402 g/mol. The van der Waals surface area contributed by atoms with Gasteiger partial charge in [0.1, 0.15) is 18.1 Å². The van der Waals surface area contributed by atoms with Crippen molar-refractivity contribution >= 4 is 39.0 Å². The minimum absolute atomic E-state index is 0.00126. The van der Waals surface area contributed by atoms with Crippen molar-refractivity contribution in [1.82, 2.24) is 5.01 Å². The number of carbonyl (C=O) groups excluding carboxylic acids is 2. The van der Waals surface area contributed by atoms with Gasteiger partial charge in [0, 0.05) is 18.4 Å². The molecule has 0 radical (unpaired) electrons. The molecule has 1 atom stereocenters. The summed E-state index contributed by atoms with van der Waals surface area (Å²) in [6.45, 7) is -0.366. The maximum atomic E-state index is 13.7. The van der Waals surface area contributed by atoms with Gasteiger partial charge < -0.3 is 4.74 Å². The Morgan fingerprint density at radius 2 is 2.15 bits per heavy atom. The molecule has 10 heteroatoms. The van der Waals surface area contributed by atoms with E-state index in [1.165, 1.54) is 18.2 Å². The van der Waals surface area contributed by atoms with Crippen LogP contribution in [0.15, 0.2) is 23.3 Å². The minimum atomic E-state index is -3.20. The van der Waals surface area contributed by atoms with E-state index in [1.54, 1.807) is 0 Å². The Kier molecular flexibility index (Phi) is 5.29. The van der Waals surface area contributed by atoms with Crippen molar-refractivity contribution in [1.29, 1.82) is 0 Å². The van der Waals surface area contributed by atoms with Crippen LogP contribution in [0.3, 0.4) is 0 Å². The molecule has 0 saturated carbocycles. The summed E-state index contributed by atoms with van der Waals surface area (Å²) in [5.74, 6) is -1.90. The first-order chi connectivity index (χ1) is 12.3. The average molecular weight is 403 g/mol. The molecule has 3 rings (SSSR count). The second-order valence-corrected chi connectivity index (χ2v) is 8.75. The summed E-state index contributed by atoms with van der Waals surface area (Å²) < 4.78 is 42.0. The van der Waals surface area contributed by atoms with E-state index in [1.807, 2.05) is 0 Å². The third kappa shape index (κ3) is 4.04. The summed E-state index contributed by atoms with van der Waals surface area (Å²) in [5, 5.41) is 5.21. The molecule has 1 amide bonds. The van der Waals surface area contributed by atoms with Crippen molar-refractivity contribution < 1.29 is 27.1 Å². The molecule has 0 spiro atoms. The number of benzene rings is 1. The minimum Gasteiger partial charge on any atom is -0.456 e. The number of hydrazone groups is 1. The topological polar surface area (TPSA) is 93.1 Å². The highest BCUT2D eigenvalue weighted by Gasteiger charge is 2.37. The van der Waals surface area contributed by atoms with Crippen molar-refractivity contribution in [2.75, 3.05) is 11.5 Å². The van der Waals surface area contributed by atoms with E-state index in [0.29, 0.717) is 0 Å². The van der Waals surface area contributed by atoms with E-state index in [9.17, 15) is 22.4 Å². The van der Waals surface area contributed by atoms with Crippen LogP contribution in [0, 0.1) is 5.82 Å². The predicted octanol–water partition coefficient (Wildman–Crippen LogP) is 1.69. The number of carbonyl (C=O) groups is 2. The van der Waals surface area contributed by atoms with Crippen LogP contribution < -0.4 is 0 Å². The van der Waals surface area contributed by atoms with E-state index in [4.69, 9.17) is 16.3 Å². The molecule has 0 unspecified atom stereocenters. The van der Waals surface area contributed by atoms with Gasteiger partial charge in [-0.3, -0.25) is 4.79 Å². The summed E-state index contributed by atoms with van der Waals surface area (Å²) in [7, 11) is -3.20. The first-order valence-electron chi connectivity index (χ1n) is 7.97. The van der Waals surface area contributed by atoms with E-state index in [-0.39, 0.29) is 59.6 Å². The van der Waals surface area contributed by atoms with Gasteiger partial charge >= 0.3 is 5.97 Å². The summed E-state index contributed by atoms with van der Waals surface area (Å²) in [6, 6.07) is 3.55. The van der Waals surface area contributed by atoms with Crippen LogP contribution in [-0.4, -0.2) is 48.6 Å². The normalized spacial score (nSPS) is 22.2. The van der Waals surface area contributed by atoms with Gasteiger partial charge in [-0.15, -0.1) is 0 Å². The zero-order chi connectivity index (χ0) is 18.9. The molecule has 1 fully saturated rings. The van der Waals surface area contributed by atoms with Gasteiger partial charge in [-0.05, 0) is 18.6 Å². The Morgan fingerprint density at radius 3 is 2.81 bits per heavy atom. The summed E-state index contributed by atoms with van der Waals surface area (Å²) in [4.78, 5) is 24.2. The molecule has 0 aromatic heterocycles. The second-order valence-electron chi connectivity index (χ2n) is 6.12. The lowest BCUT2D eigenvalue weighted by molar-refractivity contribution is -0.138. The molecule has 1 aromatic rings. The fourth-order valence-corrected chi connectivity index (χ4v) is 4.77. The highest BCUT2D eigenvalue weighted by Crippen LogP contribution is 2.23. The first kappa shape index (κ1) is 18.8. The van der Waals surface area contributed by atoms with Gasteiger partial charge in [-0.1, -0.05) is 17.7 Å². The Hall–Kier alpha value is -2.00. The SMILES string of the molecule is O=C(OCc1c(F)cccc1Cl)C1=NN([C@H]2CCS(=O)(=O)C2)C(=O)CC1. The van der Waals surface area contributed by atoms with Crippen LogP contribution in [0.4, 0.5) is 4.39 Å². The van der Waals surface area contributed by atoms with Crippen molar-refractivity contribution in [2.24, 2.45) is 5.10 Å². The van der Waals surface area contributed by atoms with E-state index < -0.39 is 27.7 Å². The number of sulfone groups is 1. The molecule has 7 nitrogen and oxygen atoms in total. The fourth-order valence-electron chi connectivity index (χ4n) is 2.86. The number of amides is 1. The van der Waals surface area contributed by atoms with Crippen LogP contribution in [0.25, 0.3) is 0 Å². The quantitative estimate of drug-likeness (QED) is 0.714. The molecule has 0 N–H and O–H groups in total. The highest BCUT2D eigenvalue weighted by atomic mass is 35.5. The van der Waals surface area contributed by atoms with Gasteiger partial charge in [0.05, 0.1) is 22.6 Å². The lowest BCUT2D eigenvalue weighted by Gasteiger charge is -2.27. The Balaban J connectivity index is 1.70. The molecule has 1 aromatic carbocycles. The number of hydrogen-bond acceptors (Lipinski definition) is 6. The largest absolute Gasteiger partial charge is 0.456 e. The van der Waals surface area contributed by atoms with E-state index in [0.717, 1.165) is 5.01 Å². The van der Waals surface area contributed by atoms with Crippen LogP contribution in [0.1, 0.15) is 24.8 Å². The maximum absolute atomic E-state index is 13.7. The zero-order valence-corrected chi connectivity index (χ0v) is 15.2. The van der Waals surface area contributed by atoms with Crippen molar-refractivity contribution in [3.63, 3.8) is 0 Å². The molecule has 0 bridgehead atoms. The van der Waals surface area contributed by atoms with Crippen LogP contribution in [0.2, 0.25) is 5.02 Å². The highest BCUT2D eigenvalue weighted by molar-refractivity contribution is 7.91. The van der Waals surface area contributed by atoms with Crippen molar-refractivity contribution in [3.05, 3.63) is 34.6 Å². The lowest BCUT2D eigenvalue weighted by atomic mass is 10.1. The standard InChI is InChI=1S/C16H16ClFN2O5S/c17-12-2-1-3-13(18)11(12)8-25-16(22)14-4-5-15(21)20(19-14)10-6-7-26(23,24)9-10/h1-3,10H,4-9H2/t10-/m0/s1. The molecular formula is C16H16ClFN2O5S. The molecule has 2 aliphatic heterocycles. The van der Waals surface area contributed by atoms with E-state index in [2.05, 4.69) is 5.10 Å². The fraction of sp³-hybridized carbons (Fsp3) is 0.438. The zero-order valence-electron chi connectivity index (χ0n) is 13.7. The third-order valence-electron chi connectivity index (χ3n) is 4.26. The molecule has 26 heavy (non-hydrogen) atoms. The molecule has 0 aliphatic carbocycles. The lowest BCUT2D eigenvalue weighted by Crippen LogP contribution is -2.42. The van der Waals surface area contributed by atoms with Gasteiger partial charge in [0.2, 0.25) is 5.91 Å². The first-order valence-corrected chi connectivity index (χ1v) is 10.2. The van der Waals surface area contributed by atoms with Crippen molar-refractivity contribution in [3.8, 4) is 0 Å². The molecule has 1 saturated heterocycles. The molecule has 2 aliphatic rings. The van der Waals surface area contributed by atoms with Gasteiger partial charge in [0.25, 0.3) is 0 Å². The number of rotatable bonds is 4. The predicted molar refractivity (Wildman–Crippen MR) is 91.8 cm³/mol. The second kappa shape index (κ2) is 7.32. The maximum Gasteiger partial charge on any atom is 0.354 e. The summed E-state index contributed by atoms with van der Waals surface area (Å²) >= 11 is 5.88. The Morgan fingerprint density at radius 1 is 1.38 bits per heavy atom. The molecular weight excluding hydrogens is 387 g/mol. The Labute approximate surface area is 154 Å². The Bertz CT molecular complexity index is 866. The van der Waals surface area contributed by atoms with Gasteiger partial charge in [0.15, 0.2) is 9.84 Å².